The summed E-state index contributed by atoms with van der Waals surface area (Å²) < 4.78 is 12.9. The van der Waals surface area contributed by atoms with E-state index in [1.165, 1.54) is 23.9 Å². The lowest BCUT2D eigenvalue weighted by Gasteiger charge is -2.26. The zero-order valence-electron chi connectivity index (χ0n) is 23.2. The van der Waals surface area contributed by atoms with Crippen LogP contribution in [-0.4, -0.2) is 23.1 Å². The second-order valence-electron chi connectivity index (χ2n) is 10.2. The lowest BCUT2D eigenvalue weighted by Crippen LogP contribution is -2.27. The number of nitrogens with two attached hydrogens (primary N) is 1. The topological polar surface area (TPSA) is 72.5 Å². The summed E-state index contributed by atoms with van der Waals surface area (Å²) in [6, 6.07) is 23.6. The molecule has 0 bridgehead atoms. The summed E-state index contributed by atoms with van der Waals surface area (Å²) in [5.41, 5.74) is 9.01. The minimum atomic E-state index is -0.228. The third-order valence-corrected chi connectivity index (χ3v) is 6.34. The second-order valence-corrected chi connectivity index (χ2v) is 10.5. The number of halogens is 2. The van der Waals surface area contributed by atoms with E-state index in [-0.39, 0.29) is 16.6 Å². The summed E-state index contributed by atoms with van der Waals surface area (Å²) in [5, 5.41) is 3.66. The van der Waals surface area contributed by atoms with E-state index in [1.54, 1.807) is 42.6 Å². The van der Waals surface area contributed by atoms with Crippen LogP contribution in [-0.2, 0) is 10.8 Å². The quantitative estimate of drug-likeness (QED) is 0.185. The fourth-order valence-electron chi connectivity index (χ4n) is 3.31. The fraction of sp³-hybridized carbons (Fsp3) is 0.250. The highest BCUT2D eigenvalue weighted by Crippen LogP contribution is 2.24. The second kappa shape index (κ2) is 15.3. The van der Waals surface area contributed by atoms with Crippen molar-refractivity contribution in [3.8, 4) is 0 Å². The molecule has 0 radical (unpaired) electrons. The Bertz CT molecular complexity index is 1390. The molecule has 0 unspecified atom stereocenters. The maximum Gasteiger partial charge on any atom is 0.205 e. The van der Waals surface area contributed by atoms with Crippen LogP contribution in [0.3, 0.4) is 0 Å². The van der Waals surface area contributed by atoms with Gasteiger partial charge in [0.1, 0.15) is 16.8 Å². The Hall–Kier alpha value is -4.30. The smallest absolute Gasteiger partial charge is 0.205 e. The molecule has 2 aromatic carbocycles. The van der Waals surface area contributed by atoms with Gasteiger partial charge in [0, 0.05) is 36.3 Å². The molecule has 0 aliphatic heterocycles. The van der Waals surface area contributed by atoms with Crippen molar-refractivity contribution in [2.45, 2.75) is 38.5 Å². The summed E-state index contributed by atoms with van der Waals surface area (Å²) >= 11 is 5.45. The molecule has 0 amide bonds. The zero-order valence-corrected chi connectivity index (χ0v) is 24.0. The Balaban J connectivity index is 0.000000235. The Kier molecular flexibility index (Phi) is 12.2. The van der Waals surface area contributed by atoms with E-state index >= 15 is 0 Å². The van der Waals surface area contributed by atoms with Crippen LogP contribution in [0.1, 0.15) is 38.8 Å². The highest BCUT2D eigenvalue weighted by Gasteiger charge is 2.20. The van der Waals surface area contributed by atoms with E-state index in [0.29, 0.717) is 29.6 Å². The van der Waals surface area contributed by atoms with Gasteiger partial charge >= 0.3 is 0 Å². The van der Waals surface area contributed by atoms with Gasteiger partial charge < -0.3 is 11.1 Å². The van der Waals surface area contributed by atoms with Crippen LogP contribution in [0.4, 0.5) is 21.6 Å². The van der Waals surface area contributed by atoms with Crippen molar-refractivity contribution in [2.24, 2.45) is 5.73 Å². The molecule has 6 nitrogen and oxygen atoms in total. The van der Waals surface area contributed by atoms with E-state index in [9.17, 15) is 4.39 Å². The van der Waals surface area contributed by atoms with E-state index in [2.05, 4.69) is 64.8 Å². The fourth-order valence-corrected chi connectivity index (χ4v) is 3.42. The summed E-state index contributed by atoms with van der Waals surface area (Å²) in [6.07, 6.45) is 2.98. The van der Waals surface area contributed by atoms with Gasteiger partial charge in [-0.05, 0) is 35.4 Å². The van der Waals surface area contributed by atoms with E-state index in [0.717, 1.165) is 11.4 Å². The first-order valence-electron chi connectivity index (χ1n) is 12.6. The van der Waals surface area contributed by atoms with Crippen molar-refractivity contribution in [3.05, 3.63) is 136 Å². The molecule has 0 aliphatic carbocycles. The number of benzene rings is 2. The molecule has 3 N–H and O–H groups in total. The van der Waals surface area contributed by atoms with E-state index < -0.39 is 0 Å². The largest absolute Gasteiger partial charge is 0.369 e. The van der Waals surface area contributed by atoms with Crippen molar-refractivity contribution in [3.63, 3.8) is 0 Å². The van der Waals surface area contributed by atoms with Gasteiger partial charge in [-0.3, -0.25) is 9.97 Å². The Morgan fingerprint density at radius 3 is 1.80 bits per heavy atom. The molecule has 0 saturated carbocycles. The summed E-state index contributed by atoms with van der Waals surface area (Å²) in [4.78, 5) is 14.3. The lowest BCUT2D eigenvalue weighted by molar-refractivity contribution is 0.539. The molecule has 206 valence electrons. The maximum atomic E-state index is 12.9. The molecule has 0 atom stereocenters. The molecule has 4 aromatic rings. The van der Waals surface area contributed by atoms with Crippen molar-refractivity contribution in [2.75, 3.05) is 18.4 Å². The summed E-state index contributed by atoms with van der Waals surface area (Å²) in [5.74, 6) is 0.501. The number of anilines is 1. The number of hydrogen-bond donors (Lipinski definition) is 2. The molecule has 2 heterocycles. The predicted octanol–water partition coefficient (Wildman–Crippen LogP) is 8.37. The van der Waals surface area contributed by atoms with Crippen LogP contribution >= 0.6 is 11.6 Å². The Labute approximate surface area is 241 Å². The van der Waals surface area contributed by atoms with Crippen LogP contribution in [0.2, 0.25) is 5.15 Å². The average molecular weight is 557 g/mol. The highest BCUT2D eigenvalue weighted by molar-refractivity contribution is 6.29. The monoisotopic (exact) mass is 556 g/mol. The minimum absolute atomic E-state index is 0.112. The summed E-state index contributed by atoms with van der Waals surface area (Å²) in [7, 11) is 0. The van der Waals surface area contributed by atoms with Gasteiger partial charge in [0.15, 0.2) is 0 Å². The molecule has 4 rings (SSSR count). The summed E-state index contributed by atoms with van der Waals surface area (Å²) in [6.45, 7) is 23.3. The third-order valence-electron chi connectivity index (χ3n) is 6.12. The Morgan fingerprint density at radius 2 is 1.32 bits per heavy atom. The van der Waals surface area contributed by atoms with E-state index in [1.807, 2.05) is 18.2 Å². The molecule has 0 saturated heterocycles. The molecule has 40 heavy (non-hydrogen) atoms. The van der Waals surface area contributed by atoms with Gasteiger partial charge in [0.25, 0.3) is 0 Å². The number of rotatable bonds is 6. The van der Waals surface area contributed by atoms with Crippen LogP contribution < -0.4 is 11.1 Å². The first-order valence-corrected chi connectivity index (χ1v) is 13.0. The standard InChI is InChI=1S/C16H16FN3.C10H15N.C6H3ClN2/c1-16(2,12-4-6-13(17)7-5-12)11-20-15-9-8-14(18-3)10-19-15;1-10(2,8-11)9-6-4-3-5-7-9;1-8-5-2-3-6(7)9-4-5/h4-10H,11H2,1-2H3,(H,19,20);3-7H,8,11H2,1-2H3;2-4H. The zero-order chi connectivity index (χ0) is 29.6. The normalized spacial score (nSPS) is 10.5. The van der Waals surface area contributed by atoms with Crippen LogP contribution in [0.5, 0.6) is 0 Å². The minimum Gasteiger partial charge on any atom is -0.369 e. The van der Waals surface area contributed by atoms with Gasteiger partial charge in [0.2, 0.25) is 11.4 Å². The van der Waals surface area contributed by atoms with Crippen molar-refractivity contribution in [1.82, 2.24) is 9.97 Å². The highest BCUT2D eigenvalue weighted by atomic mass is 35.5. The van der Waals surface area contributed by atoms with Gasteiger partial charge in [-0.15, -0.1) is 0 Å². The number of aromatic nitrogens is 2. The third kappa shape index (κ3) is 10.5. The number of pyridine rings is 2. The molecule has 8 heteroatoms. The molecule has 0 aliphatic rings. The van der Waals surface area contributed by atoms with Crippen molar-refractivity contribution < 1.29 is 4.39 Å². The van der Waals surface area contributed by atoms with Crippen LogP contribution in [0.25, 0.3) is 9.69 Å². The number of nitrogens with one attached hydrogen (secondary N) is 1. The molecular weight excluding hydrogens is 523 g/mol. The van der Waals surface area contributed by atoms with Crippen LogP contribution in [0.15, 0.2) is 91.3 Å². The molecule has 0 fully saturated rings. The van der Waals surface area contributed by atoms with Crippen LogP contribution in [0, 0.1) is 19.0 Å². The average Bonchev–Trinajstić information content (AvgIpc) is 2.98. The first kappa shape index (κ1) is 31.9. The number of nitrogens with zero attached hydrogens (tertiary/aromatic N) is 4. The first-order chi connectivity index (χ1) is 19.0. The Morgan fingerprint density at radius 1 is 0.775 bits per heavy atom. The van der Waals surface area contributed by atoms with Gasteiger partial charge in [-0.2, -0.15) is 0 Å². The van der Waals surface area contributed by atoms with Gasteiger partial charge in [0.05, 0.1) is 13.1 Å². The molecular formula is C32H34ClFN6. The predicted molar refractivity (Wildman–Crippen MR) is 162 cm³/mol. The molecule has 0 spiro atoms. The molecule has 2 aromatic heterocycles. The van der Waals surface area contributed by atoms with Crippen molar-refractivity contribution >= 4 is 28.8 Å². The van der Waals surface area contributed by atoms with Gasteiger partial charge in [-0.1, -0.05) is 93.9 Å². The lowest BCUT2D eigenvalue weighted by atomic mass is 9.84. The van der Waals surface area contributed by atoms with Gasteiger partial charge in [-0.25, -0.2) is 14.1 Å². The van der Waals surface area contributed by atoms with Crippen molar-refractivity contribution in [1.29, 1.82) is 0 Å². The SMILES string of the molecule is CC(C)(CN)c1ccccc1.[C-]#[N+]c1ccc(Cl)nc1.[C-]#[N+]c1ccc(NCC(C)(C)c2ccc(F)cc2)nc1. The van der Waals surface area contributed by atoms with E-state index in [4.69, 9.17) is 30.5 Å². The maximum absolute atomic E-state index is 12.9. The number of hydrogen-bond acceptors (Lipinski definition) is 4.